The number of benzene rings is 1. The summed E-state index contributed by atoms with van der Waals surface area (Å²) in [6.45, 7) is 1.86. The zero-order valence-electron chi connectivity index (χ0n) is 18.7. The molecule has 2 aliphatic rings. The number of carbonyl (C=O) groups is 1. The number of nitriles is 1. The maximum absolute atomic E-state index is 13.9. The fourth-order valence-corrected chi connectivity index (χ4v) is 6.03. The van der Waals surface area contributed by atoms with Gasteiger partial charge in [-0.25, -0.2) is 4.39 Å². The van der Waals surface area contributed by atoms with Gasteiger partial charge in [-0.1, -0.05) is 0 Å². The Morgan fingerprint density at radius 1 is 1.15 bits per heavy atom. The van der Waals surface area contributed by atoms with Crippen LogP contribution in [-0.4, -0.2) is 21.3 Å². The van der Waals surface area contributed by atoms with Gasteiger partial charge in [-0.2, -0.15) is 5.26 Å². The lowest BCUT2D eigenvalue weighted by molar-refractivity contribution is -0.124. The second kappa shape index (κ2) is 8.31. The third-order valence-corrected chi connectivity index (χ3v) is 7.94. The maximum atomic E-state index is 13.9. The second-order valence-corrected chi connectivity index (χ2v) is 9.95. The second-order valence-electron chi connectivity index (χ2n) is 9.95. The van der Waals surface area contributed by atoms with E-state index < -0.39 is 5.54 Å². The van der Waals surface area contributed by atoms with Crippen molar-refractivity contribution in [2.45, 2.75) is 50.5 Å². The molecule has 5 atom stereocenters. The van der Waals surface area contributed by atoms with Crippen molar-refractivity contribution >= 4 is 16.7 Å². The van der Waals surface area contributed by atoms with Crippen molar-refractivity contribution < 1.29 is 9.18 Å². The van der Waals surface area contributed by atoms with Crippen LogP contribution >= 0.6 is 0 Å². The zero-order valence-corrected chi connectivity index (χ0v) is 18.7. The highest BCUT2D eigenvalue weighted by atomic mass is 19.1. The average Bonchev–Trinajstić information content (AvgIpc) is 3.39. The van der Waals surface area contributed by atoms with Gasteiger partial charge in [0.1, 0.15) is 11.9 Å². The van der Waals surface area contributed by atoms with Gasteiger partial charge < -0.3 is 5.73 Å². The molecule has 0 saturated heterocycles. The largest absolute Gasteiger partial charge is 0.319 e. The molecule has 1 aromatic carbocycles. The van der Waals surface area contributed by atoms with Crippen LogP contribution in [0.3, 0.4) is 0 Å². The van der Waals surface area contributed by atoms with Crippen LogP contribution in [0.5, 0.6) is 0 Å². The summed E-state index contributed by atoms with van der Waals surface area (Å²) in [6, 6.07) is 12.3. The number of nitrogens with zero attached hydrogens (tertiary/aromatic N) is 3. The van der Waals surface area contributed by atoms with Crippen molar-refractivity contribution in [3.8, 4) is 6.07 Å². The van der Waals surface area contributed by atoms with Gasteiger partial charge in [-0.05, 0) is 98.2 Å². The summed E-state index contributed by atoms with van der Waals surface area (Å²) in [5, 5.41) is 9.83. The first-order valence-electron chi connectivity index (χ1n) is 11.6. The van der Waals surface area contributed by atoms with Crippen LogP contribution < -0.4 is 5.73 Å². The Morgan fingerprint density at radius 2 is 1.91 bits per heavy atom. The highest BCUT2D eigenvalue weighted by molar-refractivity contribution is 5.89. The van der Waals surface area contributed by atoms with Crippen molar-refractivity contribution in [3.05, 3.63) is 71.4 Å². The van der Waals surface area contributed by atoms with Crippen LogP contribution in [-0.2, 0) is 11.2 Å². The molecular weight excluding hydrogens is 415 g/mol. The van der Waals surface area contributed by atoms with Crippen molar-refractivity contribution in [1.29, 1.82) is 5.26 Å². The fourth-order valence-electron chi connectivity index (χ4n) is 6.03. The Hall–Kier alpha value is -3.17. The molecule has 5 rings (SSSR count). The molecule has 2 heterocycles. The highest BCUT2D eigenvalue weighted by Crippen LogP contribution is 2.55. The molecule has 2 aliphatic carbocycles. The molecule has 3 unspecified atom stereocenters. The van der Waals surface area contributed by atoms with Crippen LogP contribution in [0.2, 0.25) is 0 Å². The van der Waals surface area contributed by atoms with E-state index in [1.807, 2.05) is 25.3 Å². The molecule has 3 aromatic rings. The number of pyridine rings is 2. The predicted octanol–water partition coefficient (Wildman–Crippen LogP) is 4.69. The normalized spacial score (nSPS) is 26.0. The number of hydrogen-bond donors (Lipinski definition) is 1. The molecular formula is C27H27FN4O. The van der Waals surface area contributed by atoms with E-state index in [2.05, 4.69) is 9.97 Å². The van der Waals surface area contributed by atoms with E-state index >= 15 is 0 Å². The quantitative estimate of drug-likeness (QED) is 0.619. The first kappa shape index (κ1) is 21.7. The lowest BCUT2D eigenvalue weighted by Gasteiger charge is -2.31. The number of carbonyl (C=O) groups excluding carboxylic acids is 1. The lowest BCUT2D eigenvalue weighted by atomic mass is 9.78. The van der Waals surface area contributed by atoms with E-state index in [0.29, 0.717) is 29.0 Å². The summed E-state index contributed by atoms with van der Waals surface area (Å²) in [7, 11) is 0. The Kier molecular flexibility index (Phi) is 5.46. The molecule has 2 aromatic heterocycles. The molecule has 0 radical (unpaired) electrons. The molecule has 0 bridgehead atoms. The molecule has 0 aliphatic heterocycles. The SMILES string of the molecule is CC(N)(C(=O)Cc1ccc(C#N)cn1)C1C[C@H]2CC(c3ccnc4ccc(F)cc34)C[C@H]2C1. The third kappa shape index (κ3) is 4.02. The summed E-state index contributed by atoms with van der Waals surface area (Å²) >= 11 is 0. The van der Waals surface area contributed by atoms with Crippen molar-refractivity contribution in [2.75, 3.05) is 0 Å². The summed E-state index contributed by atoms with van der Waals surface area (Å²) in [5.74, 6) is 1.35. The minimum absolute atomic E-state index is 0.00293. The van der Waals surface area contributed by atoms with E-state index in [9.17, 15) is 9.18 Å². The maximum Gasteiger partial charge on any atom is 0.158 e. The molecule has 168 valence electrons. The van der Waals surface area contributed by atoms with Gasteiger partial charge in [0, 0.05) is 23.5 Å². The van der Waals surface area contributed by atoms with Gasteiger partial charge in [-0.15, -0.1) is 0 Å². The highest BCUT2D eigenvalue weighted by Gasteiger charge is 2.49. The smallest absolute Gasteiger partial charge is 0.158 e. The number of nitrogens with two attached hydrogens (primary N) is 1. The Labute approximate surface area is 192 Å². The number of hydrogen-bond acceptors (Lipinski definition) is 5. The summed E-state index contributed by atoms with van der Waals surface area (Å²) in [6.07, 6.45) is 7.46. The standard InChI is InChI=1S/C27H27FN4O/c1-27(30,26(33)13-22-4-2-16(14-29)15-32-22)20-10-17-8-19(9-18(17)11-20)23-6-7-31-25-5-3-21(28)12-24(23)25/h2-7,12,15,17-20H,8-11,13,30H2,1H3/t17-,18+,19?,20?,27?. The monoisotopic (exact) mass is 442 g/mol. The number of aromatic nitrogens is 2. The van der Waals surface area contributed by atoms with E-state index in [-0.39, 0.29) is 23.9 Å². The molecule has 33 heavy (non-hydrogen) atoms. The molecule has 2 fully saturated rings. The first-order chi connectivity index (χ1) is 15.8. The number of rotatable bonds is 5. The summed E-state index contributed by atoms with van der Waals surface area (Å²) in [4.78, 5) is 21.7. The van der Waals surface area contributed by atoms with Crippen LogP contribution in [0.1, 0.15) is 55.3 Å². The van der Waals surface area contributed by atoms with Gasteiger partial charge >= 0.3 is 0 Å². The number of fused-ring (bicyclic) bond motifs is 2. The Balaban J connectivity index is 1.27. The van der Waals surface area contributed by atoms with Crippen molar-refractivity contribution in [1.82, 2.24) is 9.97 Å². The summed E-state index contributed by atoms with van der Waals surface area (Å²) < 4.78 is 13.9. The molecule has 0 amide bonds. The van der Waals surface area contributed by atoms with E-state index in [0.717, 1.165) is 36.6 Å². The molecule has 6 heteroatoms. The van der Waals surface area contributed by atoms with Gasteiger partial charge in [-0.3, -0.25) is 14.8 Å². The Bertz CT molecular complexity index is 1230. The van der Waals surface area contributed by atoms with Gasteiger partial charge in [0.05, 0.1) is 23.0 Å². The zero-order chi connectivity index (χ0) is 23.2. The van der Waals surface area contributed by atoms with Gasteiger partial charge in [0.25, 0.3) is 0 Å². The van der Waals surface area contributed by atoms with E-state index in [4.69, 9.17) is 11.0 Å². The van der Waals surface area contributed by atoms with Gasteiger partial charge in [0.2, 0.25) is 0 Å². The molecule has 2 saturated carbocycles. The van der Waals surface area contributed by atoms with Crippen molar-refractivity contribution in [3.63, 3.8) is 0 Å². The van der Waals surface area contributed by atoms with Crippen LogP contribution in [0, 0.1) is 34.9 Å². The number of ketones is 1. The predicted molar refractivity (Wildman–Crippen MR) is 124 cm³/mol. The van der Waals surface area contributed by atoms with E-state index in [1.54, 1.807) is 24.3 Å². The fraction of sp³-hybridized carbons (Fsp3) is 0.407. The van der Waals surface area contributed by atoms with Gasteiger partial charge in [0.15, 0.2) is 5.78 Å². The lowest BCUT2D eigenvalue weighted by Crippen LogP contribution is -2.51. The number of halogens is 1. The van der Waals surface area contributed by atoms with Crippen LogP contribution in [0.25, 0.3) is 10.9 Å². The van der Waals surface area contributed by atoms with Crippen LogP contribution in [0.4, 0.5) is 4.39 Å². The van der Waals surface area contributed by atoms with Crippen LogP contribution in [0.15, 0.2) is 48.8 Å². The molecule has 2 N–H and O–H groups in total. The first-order valence-corrected chi connectivity index (χ1v) is 11.6. The number of Topliss-reactive ketones (excluding diaryl/α,β-unsaturated/α-hetero) is 1. The minimum atomic E-state index is -0.901. The topological polar surface area (TPSA) is 92.7 Å². The third-order valence-electron chi connectivity index (χ3n) is 7.94. The molecule has 5 nitrogen and oxygen atoms in total. The minimum Gasteiger partial charge on any atom is -0.319 e. The summed E-state index contributed by atoms with van der Waals surface area (Å²) in [5.41, 5.74) is 8.87. The average molecular weight is 443 g/mol. The van der Waals surface area contributed by atoms with Crippen molar-refractivity contribution in [2.24, 2.45) is 23.5 Å². The van der Waals surface area contributed by atoms with E-state index in [1.165, 1.54) is 17.8 Å². The Morgan fingerprint density at radius 3 is 2.58 bits per heavy atom. The molecule has 0 spiro atoms.